The Balaban J connectivity index is 0.00000484. The Kier molecular flexibility index (Phi) is 12.3. The van der Waals surface area contributed by atoms with Crippen molar-refractivity contribution in [2.45, 2.75) is 39.5 Å². The van der Waals surface area contributed by atoms with Gasteiger partial charge in [-0.25, -0.2) is 4.79 Å². The van der Waals surface area contributed by atoms with E-state index in [0.717, 1.165) is 22.3 Å². The Bertz CT molecular complexity index is 1530. The second kappa shape index (κ2) is 15.6. The number of carboxylic acid groups (broad SMARTS) is 1. The van der Waals surface area contributed by atoms with E-state index in [0.29, 0.717) is 40.4 Å². The molecule has 214 valence electrons. The van der Waals surface area contributed by atoms with Crippen LogP contribution in [0.4, 0.5) is 0 Å². The fourth-order valence-electron chi connectivity index (χ4n) is 4.46. The molecule has 0 aliphatic carbocycles. The molecule has 4 rings (SSSR count). The number of thioether (sulfide) groups is 1. The van der Waals surface area contributed by atoms with Gasteiger partial charge in [0.25, 0.3) is 5.91 Å². The van der Waals surface area contributed by atoms with Gasteiger partial charge in [-0.3, -0.25) is 9.59 Å². The molecular formula is C33H34LiNO6S. The predicted octanol–water partition coefficient (Wildman–Crippen LogP) is 6.13. The molecule has 1 unspecified atom stereocenters. The van der Waals surface area contributed by atoms with E-state index in [2.05, 4.69) is 5.32 Å². The summed E-state index contributed by atoms with van der Waals surface area (Å²) in [6.45, 7) is 4.05. The quantitative estimate of drug-likeness (QED) is 0.145. The number of amides is 1. The van der Waals surface area contributed by atoms with Gasteiger partial charge in [-0.1, -0.05) is 54.6 Å². The Labute approximate surface area is 262 Å². The van der Waals surface area contributed by atoms with Crippen LogP contribution in [0, 0.1) is 6.92 Å². The summed E-state index contributed by atoms with van der Waals surface area (Å²) in [5.74, 6) is 0.512. The Morgan fingerprint density at radius 2 is 1.69 bits per heavy atom. The molecular weight excluding hydrogens is 545 g/mol. The summed E-state index contributed by atoms with van der Waals surface area (Å²) in [6, 6.07) is 23.2. The summed E-state index contributed by atoms with van der Waals surface area (Å²) < 4.78 is 11.9. The van der Waals surface area contributed by atoms with E-state index in [1.807, 2.05) is 73.8 Å². The number of hydrogen-bond donors (Lipinski definition) is 2. The molecule has 7 nitrogen and oxygen atoms in total. The zero-order valence-corrected chi connectivity index (χ0v) is 24.1. The zero-order chi connectivity index (χ0) is 29.4. The van der Waals surface area contributed by atoms with E-state index in [1.54, 1.807) is 18.2 Å². The first-order valence-corrected chi connectivity index (χ1v) is 14.7. The zero-order valence-electron chi connectivity index (χ0n) is 23.3. The van der Waals surface area contributed by atoms with Gasteiger partial charge >= 0.3 is 24.8 Å². The van der Waals surface area contributed by atoms with Gasteiger partial charge in [0, 0.05) is 16.7 Å². The summed E-state index contributed by atoms with van der Waals surface area (Å²) >= 11 is 1.54. The number of nitrogens with one attached hydrogen (secondary N) is 1. The predicted molar refractivity (Wildman–Crippen MR) is 168 cm³/mol. The van der Waals surface area contributed by atoms with Crippen molar-refractivity contribution in [2.24, 2.45) is 0 Å². The van der Waals surface area contributed by atoms with Gasteiger partial charge < -0.3 is 19.6 Å². The summed E-state index contributed by atoms with van der Waals surface area (Å²) in [5.41, 5.74) is 5.39. The second-order valence-electron chi connectivity index (χ2n) is 9.73. The first-order chi connectivity index (χ1) is 19.8. The minimum atomic E-state index is -1.05. The number of rotatable bonds is 13. The topological polar surface area (TPSA) is 106 Å². The molecule has 0 fully saturated rings. The van der Waals surface area contributed by atoms with Crippen LogP contribution < -0.4 is 5.32 Å². The van der Waals surface area contributed by atoms with Gasteiger partial charge in [0.05, 0.1) is 6.61 Å². The third-order valence-corrected chi connectivity index (χ3v) is 7.37. The Morgan fingerprint density at radius 3 is 2.36 bits per heavy atom. The van der Waals surface area contributed by atoms with E-state index in [1.165, 1.54) is 18.7 Å². The van der Waals surface area contributed by atoms with Crippen molar-refractivity contribution >= 4 is 48.3 Å². The fourth-order valence-corrected chi connectivity index (χ4v) is 4.93. The van der Waals surface area contributed by atoms with Gasteiger partial charge in [-0.05, 0) is 78.8 Å². The van der Waals surface area contributed by atoms with Crippen molar-refractivity contribution in [3.63, 3.8) is 0 Å². The monoisotopic (exact) mass is 579 g/mol. The fraction of sp³-hybridized carbons (Fsp3) is 0.242. The standard InChI is InChI=1S/C33H33NO6S.Li.H/c1-21-6-4-5-7-27(21)29-18-23(8-14-28(29)32(36)34-30(33(37)38)16-17-41-3)19-39-20-26-13-15-31(40-26)25-11-9-24(10-12-25)22(2)35;;/h4-15,18,30H,16-17,19-20H2,1-3H3,(H,34,36)(H,37,38);;. The number of carbonyl (C=O) groups is 3. The van der Waals surface area contributed by atoms with Crippen LogP contribution in [0.5, 0.6) is 0 Å². The van der Waals surface area contributed by atoms with Crippen molar-refractivity contribution in [3.05, 3.63) is 107 Å². The van der Waals surface area contributed by atoms with Crippen LogP contribution in [-0.2, 0) is 22.7 Å². The van der Waals surface area contributed by atoms with Crippen LogP contribution >= 0.6 is 11.8 Å². The van der Waals surface area contributed by atoms with E-state index in [9.17, 15) is 19.5 Å². The van der Waals surface area contributed by atoms with Crippen molar-refractivity contribution in [1.82, 2.24) is 5.32 Å². The maximum atomic E-state index is 13.3. The summed E-state index contributed by atoms with van der Waals surface area (Å²) in [5, 5.41) is 12.3. The molecule has 0 radical (unpaired) electrons. The molecule has 1 atom stereocenters. The number of benzene rings is 3. The van der Waals surface area contributed by atoms with Gasteiger partial charge in [0.1, 0.15) is 24.2 Å². The number of ether oxygens (including phenoxy) is 1. The van der Waals surface area contributed by atoms with Crippen molar-refractivity contribution < 1.29 is 28.6 Å². The molecule has 1 amide bonds. The van der Waals surface area contributed by atoms with Crippen LogP contribution in [-0.4, -0.2) is 59.7 Å². The first-order valence-electron chi connectivity index (χ1n) is 13.3. The average Bonchev–Trinajstić information content (AvgIpc) is 3.44. The van der Waals surface area contributed by atoms with Crippen molar-refractivity contribution in [2.75, 3.05) is 12.0 Å². The van der Waals surface area contributed by atoms with Crippen LogP contribution in [0.25, 0.3) is 22.5 Å². The number of aliphatic carboxylic acids is 1. The van der Waals surface area contributed by atoms with E-state index in [4.69, 9.17) is 9.15 Å². The Hall–Kier alpha value is -3.54. The molecule has 1 heterocycles. The molecule has 9 heteroatoms. The third-order valence-electron chi connectivity index (χ3n) is 6.73. The molecule has 0 spiro atoms. The molecule has 0 aliphatic rings. The summed E-state index contributed by atoms with van der Waals surface area (Å²) in [4.78, 5) is 36.5. The third kappa shape index (κ3) is 8.49. The van der Waals surface area contributed by atoms with E-state index >= 15 is 0 Å². The van der Waals surface area contributed by atoms with E-state index < -0.39 is 17.9 Å². The number of ketones is 1. The molecule has 0 aliphatic heterocycles. The molecule has 0 bridgehead atoms. The molecule has 0 saturated carbocycles. The van der Waals surface area contributed by atoms with Gasteiger partial charge in [-0.2, -0.15) is 11.8 Å². The normalized spacial score (nSPS) is 11.4. The Morgan fingerprint density at radius 1 is 0.952 bits per heavy atom. The summed E-state index contributed by atoms with van der Waals surface area (Å²) in [6.07, 6.45) is 2.24. The number of carbonyl (C=O) groups excluding carboxylic acids is 2. The molecule has 3 aromatic carbocycles. The van der Waals surface area contributed by atoms with Crippen LogP contribution in [0.2, 0.25) is 0 Å². The van der Waals surface area contributed by atoms with Crippen LogP contribution in [0.1, 0.15) is 50.9 Å². The number of hydrogen-bond acceptors (Lipinski definition) is 6. The molecule has 4 aromatic rings. The number of furan rings is 1. The average molecular weight is 580 g/mol. The maximum absolute atomic E-state index is 13.3. The van der Waals surface area contributed by atoms with E-state index in [-0.39, 0.29) is 37.9 Å². The number of carboxylic acids is 1. The molecule has 42 heavy (non-hydrogen) atoms. The van der Waals surface area contributed by atoms with Crippen molar-refractivity contribution in [3.8, 4) is 22.5 Å². The van der Waals surface area contributed by atoms with Crippen LogP contribution in [0.15, 0.2) is 83.3 Å². The van der Waals surface area contributed by atoms with Crippen LogP contribution in [0.3, 0.4) is 0 Å². The molecule has 0 saturated heterocycles. The van der Waals surface area contributed by atoms with Gasteiger partial charge in [0.15, 0.2) is 5.78 Å². The summed E-state index contributed by atoms with van der Waals surface area (Å²) in [7, 11) is 0. The molecule has 2 N–H and O–H groups in total. The molecule has 1 aromatic heterocycles. The van der Waals surface area contributed by atoms with Crippen molar-refractivity contribution in [1.29, 1.82) is 0 Å². The minimum absolute atomic E-state index is 0. The SMILES string of the molecule is CSCCC(NC(=O)c1ccc(COCc2ccc(-c3ccc(C(C)=O)cc3)o2)cc1-c1ccccc1C)C(=O)O.[LiH]. The first kappa shape index (κ1) is 33.0. The van der Waals surface area contributed by atoms with Gasteiger partial charge in [0.2, 0.25) is 0 Å². The van der Waals surface area contributed by atoms with Gasteiger partial charge in [-0.15, -0.1) is 0 Å². The second-order valence-corrected chi connectivity index (χ2v) is 10.7. The number of Topliss-reactive ketones (excluding diaryl/α,β-unsaturated/α-hetero) is 1. The number of aryl methyl sites for hydroxylation is 1.